The first kappa shape index (κ1) is 14.8. The molecule has 1 N–H and O–H groups in total. The second-order valence-electron chi connectivity index (χ2n) is 3.81. The van der Waals surface area contributed by atoms with E-state index in [-0.39, 0.29) is 0 Å². The highest BCUT2D eigenvalue weighted by Crippen LogP contribution is 2.01. The highest BCUT2D eigenvalue weighted by Gasteiger charge is 1.88. The minimum absolute atomic E-state index is 0.685. The molecule has 0 aliphatic carbocycles. The molecule has 1 rings (SSSR count). The molecule has 2 heteroatoms. The Hall–Kier alpha value is -1.15. The van der Waals surface area contributed by atoms with Gasteiger partial charge in [0.1, 0.15) is 6.29 Å². The average Bonchev–Trinajstić information content (AvgIpc) is 2.38. The summed E-state index contributed by atoms with van der Waals surface area (Å²) in [7, 11) is 1.98. The van der Waals surface area contributed by atoms with Gasteiger partial charge in [0.2, 0.25) is 0 Å². The van der Waals surface area contributed by atoms with Crippen molar-refractivity contribution in [3.8, 4) is 0 Å². The van der Waals surface area contributed by atoms with Gasteiger partial charge < -0.3 is 5.32 Å². The lowest BCUT2D eigenvalue weighted by Gasteiger charge is -2.02. The van der Waals surface area contributed by atoms with E-state index in [0.717, 1.165) is 18.3 Å². The number of aldehydes is 1. The zero-order valence-electron chi connectivity index (χ0n) is 10.8. The quantitative estimate of drug-likeness (QED) is 0.792. The maximum atomic E-state index is 10.2. The zero-order chi connectivity index (χ0) is 12.4. The lowest BCUT2D eigenvalue weighted by molar-refractivity contribution is 0.112. The molecular weight excluding hydrogens is 198 g/mol. The molecule has 0 aliphatic rings. The summed E-state index contributed by atoms with van der Waals surface area (Å²) in [6, 6.07) is 8.32. The van der Waals surface area contributed by atoms with Gasteiger partial charge in [-0.05, 0) is 32.4 Å². The van der Waals surface area contributed by atoms with Crippen molar-refractivity contribution >= 4 is 6.29 Å². The van der Waals surface area contributed by atoms with E-state index >= 15 is 0 Å². The molecule has 0 aromatic heterocycles. The molecule has 90 valence electrons. The molecule has 1 aromatic carbocycles. The first-order chi connectivity index (χ1) is 7.67. The van der Waals surface area contributed by atoms with E-state index in [1.807, 2.05) is 31.3 Å². The van der Waals surface area contributed by atoms with Crippen LogP contribution >= 0.6 is 0 Å². The van der Waals surface area contributed by atoms with Crippen LogP contribution in [0.3, 0.4) is 0 Å². The third-order valence-corrected chi connectivity index (χ3v) is 2.63. The standard InChI is InChI=1S/C9H10O.C5H13N/c1-2-8-3-5-9(7-10)6-4-8;1-4-5(2)6-3/h3-7H,2H2,1H3;5-6H,4H2,1-3H3. The van der Waals surface area contributed by atoms with Crippen molar-refractivity contribution in [3.63, 3.8) is 0 Å². The molecule has 1 atom stereocenters. The lowest BCUT2D eigenvalue weighted by atomic mass is 10.1. The van der Waals surface area contributed by atoms with E-state index in [4.69, 9.17) is 0 Å². The Labute approximate surface area is 99.1 Å². The van der Waals surface area contributed by atoms with Crippen molar-refractivity contribution in [2.24, 2.45) is 0 Å². The van der Waals surface area contributed by atoms with E-state index in [1.165, 1.54) is 12.0 Å². The maximum absolute atomic E-state index is 10.2. The molecule has 16 heavy (non-hydrogen) atoms. The number of rotatable bonds is 4. The third kappa shape index (κ3) is 6.36. The van der Waals surface area contributed by atoms with E-state index < -0.39 is 0 Å². The van der Waals surface area contributed by atoms with E-state index in [2.05, 4.69) is 26.1 Å². The van der Waals surface area contributed by atoms with Crippen LogP contribution in [0, 0.1) is 0 Å². The van der Waals surface area contributed by atoms with Crippen LogP contribution in [-0.4, -0.2) is 19.4 Å². The lowest BCUT2D eigenvalue weighted by Crippen LogP contribution is -2.19. The Balaban J connectivity index is 0.000000325. The van der Waals surface area contributed by atoms with Gasteiger partial charge in [0.05, 0.1) is 0 Å². The molecule has 0 heterocycles. The van der Waals surface area contributed by atoms with E-state index in [1.54, 1.807) is 0 Å². The summed E-state index contributed by atoms with van der Waals surface area (Å²) in [6.07, 6.45) is 3.11. The van der Waals surface area contributed by atoms with Crippen molar-refractivity contribution in [1.29, 1.82) is 0 Å². The predicted molar refractivity (Wildman–Crippen MR) is 70.0 cm³/mol. The van der Waals surface area contributed by atoms with Crippen molar-refractivity contribution in [1.82, 2.24) is 5.32 Å². The Morgan fingerprint density at radius 1 is 1.25 bits per heavy atom. The van der Waals surface area contributed by atoms with Gasteiger partial charge >= 0.3 is 0 Å². The fraction of sp³-hybridized carbons (Fsp3) is 0.500. The summed E-state index contributed by atoms with van der Waals surface area (Å²) in [5, 5.41) is 3.11. The first-order valence-corrected chi connectivity index (χ1v) is 5.89. The molecule has 0 saturated carbocycles. The zero-order valence-corrected chi connectivity index (χ0v) is 10.8. The van der Waals surface area contributed by atoms with Crippen LogP contribution in [0.2, 0.25) is 0 Å². The van der Waals surface area contributed by atoms with Gasteiger partial charge in [-0.3, -0.25) is 4.79 Å². The number of aryl methyl sites for hydroxylation is 1. The molecule has 2 nitrogen and oxygen atoms in total. The highest BCUT2D eigenvalue weighted by molar-refractivity contribution is 5.74. The summed E-state index contributed by atoms with van der Waals surface area (Å²) in [5.74, 6) is 0. The molecule has 0 amide bonds. The van der Waals surface area contributed by atoms with Crippen molar-refractivity contribution < 1.29 is 4.79 Å². The molecule has 0 fully saturated rings. The summed E-state index contributed by atoms with van der Waals surface area (Å²) in [5.41, 5.74) is 2.02. The smallest absolute Gasteiger partial charge is 0.150 e. The van der Waals surface area contributed by atoms with Crippen LogP contribution < -0.4 is 5.32 Å². The van der Waals surface area contributed by atoms with E-state index in [0.29, 0.717) is 6.04 Å². The third-order valence-electron chi connectivity index (χ3n) is 2.63. The Kier molecular flexibility index (Phi) is 8.45. The minimum atomic E-state index is 0.685. The number of benzene rings is 1. The Morgan fingerprint density at radius 2 is 1.81 bits per heavy atom. The summed E-state index contributed by atoms with van der Waals surface area (Å²) < 4.78 is 0. The summed E-state index contributed by atoms with van der Waals surface area (Å²) >= 11 is 0. The molecule has 0 saturated heterocycles. The Bertz CT molecular complexity index is 275. The summed E-state index contributed by atoms with van der Waals surface area (Å²) in [4.78, 5) is 10.2. The highest BCUT2D eigenvalue weighted by atomic mass is 16.1. The number of carbonyl (C=O) groups is 1. The van der Waals surface area contributed by atoms with Gasteiger partial charge in [-0.2, -0.15) is 0 Å². The van der Waals surface area contributed by atoms with Gasteiger partial charge in [0.25, 0.3) is 0 Å². The topological polar surface area (TPSA) is 29.1 Å². The van der Waals surface area contributed by atoms with Gasteiger partial charge in [-0.15, -0.1) is 0 Å². The summed E-state index contributed by atoms with van der Waals surface area (Å²) in [6.45, 7) is 6.43. The number of nitrogens with one attached hydrogen (secondary N) is 1. The largest absolute Gasteiger partial charge is 0.317 e. The van der Waals surface area contributed by atoms with Crippen LogP contribution in [0.15, 0.2) is 24.3 Å². The fourth-order valence-electron chi connectivity index (χ4n) is 1.04. The number of hydrogen-bond acceptors (Lipinski definition) is 2. The predicted octanol–water partition coefficient (Wildman–Crippen LogP) is 3.07. The monoisotopic (exact) mass is 221 g/mol. The Morgan fingerprint density at radius 3 is 2.06 bits per heavy atom. The van der Waals surface area contributed by atoms with Crippen LogP contribution in [0.4, 0.5) is 0 Å². The van der Waals surface area contributed by atoms with Gasteiger partial charge in [-0.25, -0.2) is 0 Å². The SMILES string of the molecule is CCC(C)NC.CCc1ccc(C=O)cc1. The van der Waals surface area contributed by atoms with Gasteiger partial charge in [0, 0.05) is 11.6 Å². The van der Waals surface area contributed by atoms with Gasteiger partial charge in [-0.1, -0.05) is 38.1 Å². The maximum Gasteiger partial charge on any atom is 0.150 e. The average molecular weight is 221 g/mol. The molecule has 0 radical (unpaired) electrons. The van der Waals surface area contributed by atoms with Crippen LogP contribution in [0.5, 0.6) is 0 Å². The normalized spacial score (nSPS) is 11.2. The van der Waals surface area contributed by atoms with Crippen LogP contribution in [0.1, 0.15) is 43.1 Å². The van der Waals surface area contributed by atoms with Crippen LogP contribution in [0.25, 0.3) is 0 Å². The minimum Gasteiger partial charge on any atom is -0.317 e. The van der Waals surface area contributed by atoms with Crippen molar-refractivity contribution in [3.05, 3.63) is 35.4 Å². The fourth-order valence-corrected chi connectivity index (χ4v) is 1.04. The molecule has 0 bridgehead atoms. The van der Waals surface area contributed by atoms with Crippen LogP contribution in [-0.2, 0) is 6.42 Å². The van der Waals surface area contributed by atoms with Crippen molar-refractivity contribution in [2.75, 3.05) is 7.05 Å². The number of carbonyl (C=O) groups excluding carboxylic acids is 1. The molecule has 0 spiro atoms. The van der Waals surface area contributed by atoms with E-state index in [9.17, 15) is 4.79 Å². The molecular formula is C14H23NO. The second kappa shape index (κ2) is 9.10. The van der Waals surface area contributed by atoms with Crippen molar-refractivity contribution in [2.45, 2.75) is 39.7 Å². The molecule has 0 aliphatic heterocycles. The molecule has 1 unspecified atom stereocenters. The number of hydrogen-bond donors (Lipinski definition) is 1. The first-order valence-electron chi connectivity index (χ1n) is 5.89. The molecule has 1 aromatic rings. The van der Waals surface area contributed by atoms with Gasteiger partial charge in [0.15, 0.2) is 0 Å². The second-order valence-corrected chi connectivity index (χ2v) is 3.81.